The van der Waals surface area contributed by atoms with Crippen molar-refractivity contribution in [2.75, 3.05) is 13.2 Å². The summed E-state index contributed by atoms with van der Waals surface area (Å²) < 4.78 is 17.1. The molecule has 0 aromatic carbocycles. The van der Waals surface area contributed by atoms with Gasteiger partial charge < -0.3 is 14.2 Å². The van der Waals surface area contributed by atoms with Crippen LogP contribution in [0.15, 0.2) is 12.2 Å². The van der Waals surface area contributed by atoms with Gasteiger partial charge >= 0.3 is 11.9 Å². The summed E-state index contributed by atoms with van der Waals surface area (Å²) in [5, 5.41) is 0. The van der Waals surface area contributed by atoms with Crippen molar-refractivity contribution in [1.29, 1.82) is 0 Å². The van der Waals surface area contributed by atoms with E-state index in [2.05, 4.69) is 20.4 Å². The summed E-state index contributed by atoms with van der Waals surface area (Å²) in [6.07, 6.45) is 5.13. The van der Waals surface area contributed by atoms with E-state index in [9.17, 15) is 9.59 Å². The van der Waals surface area contributed by atoms with Gasteiger partial charge in [0.25, 0.3) is 0 Å². The van der Waals surface area contributed by atoms with E-state index in [1.807, 2.05) is 0 Å². The lowest BCUT2D eigenvalue weighted by molar-refractivity contribution is -0.177. The van der Waals surface area contributed by atoms with Crippen LogP contribution in [0.1, 0.15) is 66.2 Å². The molecule has 1 aliphatic heterocycles. The second kappa shape index (κ2) is 9.03. The maximum absolute atomic E-state index is 13.1. The van der Waals surface area contributed by atoms with Gasteiger partial charge in [-0.15, -0.1) is 0 Å². The molecule has 0 amide bonds. The average Bonchev–Trinajstić information content (AvgIpc) is 2.89. The number of ether oxygens (including phenoxy) is 3. The molecule has 5 nitrogen and oxygen atoms in total. The Morgan fingerprint density at radius 1 is 1.12 bits per heavy atom. The highest BCUT2D eigenvalue weighted by atomic mass is 16.6. The van der Waals surface area contributed by atoms with Crippen molar-refractivity contribution in [2.45, 2.75) is 78.4 Å². The first-order valence-electron chi connectivity index (χ1n) is 10.1. The Morgan fingerprint density at radius 3 is 2.12 bits per heavy atom. The molecular formula is C21H34O5. The molecule has 2 atom stereocenters. The van der Waals surface area contributed by atoms with Gasteiger partial charge in [-0.3, -0.25) is 9.59 Å². The predicted molar refractivity (Wildman–Crippen MR) is 99.5 cm³/mol. The molecule has 2 aliphatic rings. The zero-order valence-corrected chi connectivity index (χ0v) is 16.7. The summed E-state index contributed by atoms with van der Waals surface area (Å²) >= 11 is 0. The van der Waals surface area contributed by atoms with Crippen molar-refractivity contribution in [1.82, 2.24) is 0 Å². The van der Waals surface area contributed by atoms with Gasteiger partial charge in [-0.1, -0.05) is 39.7 Å². The fourth-order valence-electron chi connectivity index (χ4n) is 4.39. The Bertz CT molecular complexity index is 500. The molecule has 5 heteroatoms. The molecule has 26 heavy (non-hydrogen) atoms. The minimum absolute atomic E-state index is 0.145. The minimum Gasteiger partial charge on any atom is -0.465 e. The molecule has 0 aromatic rings. The quantitative estimate of drug-likeness (QED) is 0.386. The molecule has 0 spiro atoms. The number of hydrogen-bond donors (Lipinski definition) is 0. The van der Waals surface area contributed by atoms with Gasteiger partial charge in [0.05, 0.1) is 25.4 Å². The van der Waals surface area contributed by atoms with E-state index in [4.69, 9.17) is 14.2 Å². The van der Waals surface area contributed by atoms with Crippen molar-refractivity contribution in [3.05, 3.63) is 12.2 Å². The third-order valence-electron chi connectivity index (χ3n) is 5.59. The fraction of sp³-hybridized carbons (Fsp3) is 0.810. The first-order valence-corrected chi connectivity index (χ1v) is 10.1. The summed E-state index contributed by atoms with van der Waals surface area (Å²) in [5.41, 5.74) is -1.02. The highest BCUT2D eigenvalue weighted by molar-refractivity contribution is 6.05. The van der Waals surface area contributed by atoms with E-state index in [1.165, 1.54) is 6.42 Å². The highest BCUT2D eigenvalue weighted by Crippen LogP contribution is 2.51. The van der Waals surface area contributed by atoms with Gasteiger partial charge in [0.2, 0.25) is 5.41 Å². The van der Waals surface area contributed by atoms with Crippen LogP contribution >= 0.6 is 0 Å². The van der Waals surface area contributed by atoms with E-state index >= 15 is 0 Å². The maximum Gasteiger partial charge on any atom is 0.330 e. The first-order chi connectivity index (χ1) is 12.4. The van der Waals surface area contributed by atoms with E-state index in [0.717, 1.165) is 32.1 Å². The van der Waals surface area contributed by atoms with E-state index in [-0.39, 0.29) is 25.2 Å². The van der Waals surface area contributed by atoms with Crippen molar-refractivity contribution in [3.8, 4) is 0 Å². The van der Waals surface area contributed by atoms with Crippen molar-refractivity contribution in [3.63, 3.8) is 0 Å². The van der Waals surface area contributed by atoms with Gasteiger partial charge in [-0.05, 0) is 50.5 Å². The summed E-state index contributed by atoms with van der Waals surface area (Å²) in [7, 11) is 0. The third kappa shape index (κ3) is 3.83. The molecule has 1 saturated heterocycles. The van der Waals surface area contributed by atoms with Crippen LogP contribution in [0, 0.1) is 17.3 Å². The molecular weight excluding hydrogens is 332 g/mol. The summed E-state index contributed by atoms with van der Waals surface area (Å²) in [4.78, 5) is 26.2. The Labute approximate surface area is 157 Å². The Morgan fingerprint density at radius 2 is 1.65 bits per heavy atom. The highest BCUT2D eigenvalue weighted by Gasteiger charge is 2.65. The Hall–Kier alpha value is -1.36. The van der Waals surface area contributed by atoms with Crippen LogP contribution < -0.4 is 0 Å². The van der Waals surface area contributed by atoms with Gasteiger partial charge in [0.15, 0.2) is 0 Å². The Balaban J connectivity index is 2.48. The lowest BCUT2D eigenvalue weighted by atomic mass is 9.68. The lowest BCUT2D eigenvalue weighted by Gasteiger charge is -2.36. The van der Waals surface area contributed by atoms with Crippen molar-refractivity contribution < 1.29 is 23.8 Å². The monoisotopic (exact) mass is 366 g/mol. The van der Waals surface area contributed by atoms with Gasteiger partial charge in [-0.25, -0.2) is 0 Å². The lowest BCUT2D eigenvalue weighted by Crippen LogP contribution is -2.52. The van der Waals surface area contributed by atoms with Crippen LogP contribution in [-0.2, 0) is 23.8 Å². The zero-order valence-electron chi connectivity index (χ0n) is 16.7. The van der Waals surface area contributed by atoms with Crippen molar-refractivity contribution >= 4 is 11.9 Å². The number of carbonyl (C=O) groups is 2. The standard InChI is InChI=1S/C21H34O5/c1-6-24-19(22)21(20(23)25-7-2)15(5)17(13-14(3)4)26-18(21)16-11-9-8-10-12-16/h14,16-18H,5-13H2,1-4H3. The summed E-state index contributed by atoms with van der Waals surface area (Å²) in [6.45, 7) is 12.3. The summed E-state index contributed by atoms with van der Waals surface area (Å²) in [6, 6.07) is 0. The average molecular weight is 366 g/mol. The topological polar surface area (TPSA) is 61.8 Å². The predicted octanol–water partition coefficient (Wildman–Crippen LogP) is 4.05. The van der Waals surface area contributed by atoms with Gasteiger partial charge in [0.1, 0.15) is 0 Å². The van der Waals surface area contributed by atoms with Gasteiger partial charge in [-0.2, -0.15) is 0 Å². The second-order valence-corrected chi connectivity index (χ2v) is 7.85. The zero-order chi connectivity index (χ0) is 19.3. The molecule has 0 N–H and O–H groups in total. The normalized spacial score (nSPS) is 26.1. The van der Waals surface area contributed by atoms with Crippen LogP contribution in [0.25, 0.3) is 0 Å². The molecule has 0 bridgehead atoms. The van der Waals surface area contributed by atoms with Crippen LogP contribution in [0.4, 0.5) is 0 Å². The first kappa shape index (κ1) is 20.9. The number of hydrogen-bond acceptors (Lipinski definition) is 5. The Kier molecular flexibility index (Phi) is 7.27. The molecule has 2 rings (SSSR count). The van der Waals surface area contributed by atoms with Gasteiger partial charge in [0, 0.05) is 0 Å². The van der Waals surface area contributed by atoms with E-state index in [0.29, 0.717) is 11.5 Å². The molecule has 148 valence electrons. The van der Waals surface area contributed by atoms with Crippen molar-refractivity contribution in [2.24, 2.45) is 17.3 Å². The summed E-state index contributed by atoms with van der Waals surface area (Å²) in [5.74, 6) is -0.619. The number of carbonyl (C=O) groups excluding carboxylic acids is 2. The van der Waals surface area contributed by atoms with Crippen LogP contribution in [0.5, 0.6) is 0 Å². The van der Waals surface area contributed by atoms with Crippen LogP contribution in [-0.4, -0.2) is 37.4 Å². The third-order valence-corrected chi connectivity index (χ3v) is 5.59. The molecule has 2 fully saturated rings. The van der Waals surface area contributed by atoms with E-state index in [1.54, 1.807) is 13.8 Å². The molecule has 0 radical (unpaired) electrons. The van der Waals surface area contributed by atoms with Crippen LogP contribution in [0.3, 0.4) is 0 Å². The smallest absolute Gasteiger partial charge is 0.330 e. The molecule has 1 aliphatic carbocycles. The number of rotatable bonds is 7. The largest absolute Gasteiger partial charge is 0.465 e. The van der Waals surface area contributed by atoms with E-state index < -0.39 is 23.5 Å². The number of esters is 2. The fourth-order valence-corrected chi connectivity index (χ4v) is 4.39. The molecule has 0 aromatic heterocycles. The molecule has 1 saturated carbocycles. The SMILES string of the molecule is C=C1C(CC(C)C)OC(C2CCCCC2)C1(C(=O)OCC)C(=O)OCC. The second-order valence-electron chi connectivity index (χ2n) is 7.85. The maximum atomic E-state index is 13.1. The molecule has 1 heterocycles. The minimum atomic E-state index is -1.53. The van der Waals surface area contributed by atoms with Crippen LogP contribution in [0.2, 0.25) is 0 Å². The molecule has 2 unspecified atom stereocenters.